The number of amides is 4. The standard InChI is InChI=1S/C27H35BrN6O5S/c28-21-7-5-20-16-23(8-6-19(20)15-21)40(38,39)30-24-4-2-9-33(26(24)36)18-25(35)34-10-1-3-22(34)17-31-11-13-32(14-12-31)27(29)37/h5-8,15-16,22,24,30H,1-4,9-14,17-18H2,(H2,29,37)/t22-,24-/m0/s1. The molecule has 4 amide bonds. The number of fused-ring (bicyclic) bond motifs is 1. The Bertz CT molecular complexity index is 1400. The molecule has 0 aliphatic carbocycles. The van der Waals surface area contributed by atoms with Crippen molar-refractivity contribution in [1.82, 2.24) is 24.3 Å². The molecule has 0 radical (unpaired) electrons. The van der Waals surface area contributed by atoms with Gasteiger partial charge in [0.05, 0.1) is 11.4 Å². The zero-order valence-corrected chi connectivity index (χ0v) is 24.7. The molecule has 13 heteroatoms. The predicted molar refractivity (Wildman–Crippen MR) is 154 cm³/mol. The van der Waals surface area contributed by atoms with Gasteiger partial charge in [-0.05, 0) is 60.7 Å². The second kappa shape index (κ2) is 12.0. The average molecular weight is 636 g/mol. The normalized spacial score (nSPS) is 22.7. The lowest BCUT2D eigenvalue weighted by molar-refractivity contribution is -0.143. The summed E-state index contributed by atoms with van der Waals surface area (Å²) in [5.74, 6) is -0.484. The number of benzene rings is 2. The van der Waals surface area contributed by atoms with Crippen LogP contribution in [0.3, 0.4) is 0 Å². The SMILES string of the molecule is NC(=O)N1CCN(C[C@@H]2CCCN2C(=O)CN2CCC[C@H](NS(=O)(=O)c3ccc4cc(Br)ccc4c3)C2=O)CC1. The summed E-state index contributed by atoms with van der Waals surface area (Å²) in [7, 11) is -3.94. The van der Waals surface area contributed by atoms with Crippen LogP contribution in [0.2, 0.25) is 0 Å². The van der Waals surface area contributed by atoms with Crippen molar-refractivity contribution in [3.05, 3.63) is 40.9 Å². The van der Waals surface area contributed by atoms with Crippen molar-refractivity contribution in [3.63, 3.8) is 0 Å². The van der Waals surface area contributed by atoms with E-state index in [1.807, 2.05) is 23.1 Å². The molecule has 216 valence electrons. The molecule has 3 heterocycles. The molecule has 0 bridgehead atoms. The zero-order valence-electron chi connectivity index (χ0n) is 22.3. The number of urea groups is 1. The number of piperazine rings is 1. The Kier molecular flexibility index (Phi) is 8.64. The number of carbonyl (C=O) groups is 3. The fourth-order valence-corrected chi connectivity index (χ4v) is 7.52. The van der Waals surface area contributed by atoms with Crippen LogP contribution in [-0.4, -0.2) is 110 Å². The Hall–Kier alpha value is -2.74. The van der Waals surface area contributed by atoms with E-state index in [9.17, 15) is 22.8 Å². The van der Waals surface area contributed by atoms with E-state index in [2.05, 4.69) is 25.6 Å². The maximum atomic E-state index is 13.3. The second-order valence-corrected chi connectivity index (χ2v) is 13.4. The molecule has 11 nitrogen and oxygen atoms in total. The number of primary amides is 1. The summed E-state index contributed by atoms with van der Waals surface area (Å²) in [5.41, 5.74) is 5.38. The molecule has 0 unspecified atom stereocenters. The zero-order chi connectivity index (χ0) is 28.4. The van der Waals surface area contributed by atoms with Crippen LogP contribution in [-0.2, 0) is 19.6 Å². The van der Waals surface area contributed by atoms with Gasteiger partial charge in [-0.25, -0.2) is 13.2 Å². The van der Waals surface area contributed by atoms with E-state index in [4.69, 9.17) is 5.73 Å². The minimum Gasteiger partial charge on any atom is -0.351 e. The molecule has 0 aromatic heterocycles. The highest BCUT2D eigenvalue weighted by atomic mass is 79.9. The van der Waals surface area contributed by atoms with Gasteiger partial charge in [-0.15, -0.1) is 0 Å². The summed E-state index contributed by atoms with van der Waals surface area (Å²) in [4.78, 5) is 45.3. The molecule has 2 atom stereocenters. The van der Waals surface area contributed by atoms with Crippen molar-refractivity contribution in [2.75, 3.05) is 52.4 Å². The number of nitrogens with two attached hydrogens (primary N) is 1. The van der Waals surface area contributed by atoms with Gasteiger partial charge in [-0.1, -0.05) is 28.1 Å². The van der Waals surface area contributed by atoms with Crippen LogP contribution in [0.5, 0.6) is 0 Å². The van der Waals surface area contributed by atoms with Gasteiger partial charge >= 0.3 is 6.03 Å². The molecule has 3 aliphatic heterocycles. The molecule has 3 aliphatic rings. The number of nitrogens with one attached hydrogen (secondary N) is 1. The van der Waals surface area contributed by atoms with Crippen LogP contribution in [0.1, 0.15) is 25.7 Å². The van der Waals surface area contributed by atoms with E-state index in [1.54, 1.807) is 17.0 Å². The van der Waals surface area contributed by atoms with Gasteiger partial charge in [0.2, 0.25) is 21.8 Å². The fourth-order valence-electron chi connectivity index (χ4n) is 5.88. The monoisotopic (exact) mass is 634 g/mol. The average Bonchev–Trinajstić information content (AvgIpc) is 3.39. The van der Waals surface area contributed by atoms with Crippen molar-refractivity contribution in [2.45, 2.75) is 42.7 Å². The number of rotatable bonds is 7. The molecule has 0 saturated carbocycles. The Labute approximate surface area is 242 Å². The lowest BCUT2D eigenvalue weighted by atomic mass is 10.1. The number of sulfonamides is 1. The molecule has 3 fully saturated rings. The fraction of sp³-hybridized carbons (Fsp3) is 0.519. The van der Waals surface area contributed by atoms with Gasteiger partial charge in [-0.3, -0.25) is 14.5 Å². The van der Waals surface area contributed by atoms with Crippen molar-refractivity contribution in [2.24, 2.45) is 5.73 Å². The summed E-state index contributed by atoms with van der Waals surface area (Å²) in [6.07, 6.45) is 2.77. The topological polar surface area (TPSA) is 136 Å². The van der Waals surface area contributed by atoms with Gasteiger partial charge in [0.25, 0.3) is 0 Å². The lowest BCUT2D eigenvalue weighted by Crippen LogP contribution is -2.56. The van der Waals surface area contributed by atoms with E-state index >= 15 is 0 Å². The third kappa shape index (κ3) is 6.42. The van der Waals surface area contributed by atoms with Crippen LogP contribution < -0.4 is 10.5 Å². The van der Waals surface area contributed by atoms with Gasteiger partial charge in [0.1, 0.15) is 6.04 Å². The molecule has 0 spiro atoms. The number of nitrogens with zero attached hydrogens (tertiary/aromatic N) is 4. The maximum Gasteiger partial charge on any atom is 0.314 e. The highest BCUT2D eigenvalue weighted by molar-refractivity contribution is 9.10. The van der Waals surface area contributed by atoms with Crippen LogP contribution in [0.25, 0.3) is 10.8 Å². The first-order chi connectivity index (χ1) is 19.1. The largest absolute Gasteiger partial charge is 0.351 e. The summed E-state index contributed by atoms with van der Waals surface area (Å²) < 4.78 is 29.9. The molecule has 5 rings (SSSR count). The second-order valence-electron chi connectivity index (χ2n) is 10.7. The Morgan fingerprint density at radius 2 is 1.65 bits per heavy atom. The van der Waals surface area contributed by atoms with Crippen LogP contribution >= 0.6 is 15.9 Å². The highest BCUT2D eigenvalue weighted by Gasteiger charge is 2.36. The highest BCUT2D eigenvalue weighted by Crippen LogP contribution is 2.24. The minimum absolute atomic E-state index is 0.0512. The van der Waals surface area contributed by atoms with Gasteiger partial charge in [0, 0.05) is 56.3 Å². The Balaban J connectivity index is 1.19. The van der Waals surface area contributed by atoms with Gasteiger partial charge in [-0.2, -0.15) is 4.72 Å². The van der Waals surface area contributed by atoms with Crippen molar-refractivity contribution >= 4 is 54.6 Å². The van der Waals surface area contributed by atoms with Crippen LogP contribution in [0, 0.1) is 0 Å². The van der Waals surface area contributed by atoms with E-state index in [-0.39, 0.29) is 29.3 Å². The van der Waals surface area contributed by atoms with E-state index in [1.165, 1.54) is 11.0 Å². The number of carbonyl (C=O) groups excluding carboxylic acids is 3. The Morgan fingerprint density at radius 3 is 2.40 bits per heavy atom. The summed E-state index contributed by atoms with van der Waals surface area (Å²) in [6.45, 7) is 4.29. The summed E-state index contributed by atoms with van der Waals surface area (Å²) in [5, 5.41) is 1.68. The number of hydrogen-bond acceptors (Lipinski definition) is 6. The van der Waals surface area contributed by atoms with Crippen LogP contribution in [0.15, 0.2) is 45.8 Å². The predicted octanol–water partition coefficient (Wildman–Crippen LogP) is 1.56. The van der Waals surface area contributed by atoms with E-state index in [0.29, 0.717) is 52.1 Å². The summed E-state index contributed by atoms with van der Waals surface area (Å²) in [6, 6.07) is 9.20. The number of halogens is 1. The first-order valence-corrected chi connectivity index (χ1v) is 15.9. The third-order valence-corrected chi connectivity index (χ3v) is 10.1. The Morgan fingerprint density at radius 1 is 0.950 bits per heavy atom. The number of hydrogen-bond donors (Lipinski definition) is 2. The summed E-state index contributed by atoms with van der Waals surface area (Å²) >= 11 is 3.42. The van der Waals surface area contributed by atoms with E-state index in [0.717, 1.165) is 34.6 Å². The van der Waals surface area contributed by atoms with Crippen LogP contribution in [0.4, 0.5) is 4.79 Å². The smallest absolute Gasteiger partial charge is 0.314 e. The molecular formula is C27H35BrN6O5S. The first-order valence-electron chi connectivity index (χ1n) is 13.7. The van der Waals surface area contributed by atoms with Gasteiger partial charge < -0.3 is 20.4 Å². The molecule has 3 saturated heterocycles. The van der Waals surface area contributed by atoms with Gasteiger partial charge in [0.15, 0.2) is 0 Å². The first kappa shape index (κ1) is 28.8. The van der Waals surface area contributed by atoms with Crippen molar-refractivity contribution < 1.29 is 22.8 Å². The molecule has 3 N–H and O–H groups in total. The molecule has 2 aromatic rings. The van der Waals surface area contributed by atoms with Crippen molar-refractivity contribution in [1.29, 1.82) is 0 Å². The number of likely N-dealkylation sites (tertiary alicyclic amines) is 2. The quantitative estimate of drug-likeness (QED) is 0.474. The van der Waals surface area contributed by atoms with Crippen molar-refractivity contribution in [3.8, 4) is 0 Å². The number of piperidine rings is 1. The third-order valence-electron chi connectivity index (χ3n) is 8.09. The van der Waals surface area contributed by atoms with E-state index < -0.39 is 22.1 Å². The molecular weight excluding hydrogens is 600 g/mol. The molecule has 40 heavy (non-hydrogen) atoms. The lowest BCUT2D eigenvalue weighted by Gasteiger charge is -2.37. The molecule has 2 aromatic carbocycles. The minimum atomic E-state index is -3.94. The maximum absolute atomic E-state index is 13.3.